The molecule has 0 fully saturated rings. The van der Waals surface area contributed by atoms with Crippen molar-refractivity contribution in [2.24, 2.45) is 5.92 Å². The summed E-state index contributed by atoms with van der Waals surface area (Å²) in [6.07, 6.45) is 5.57. The van der Waals surface area contributed by atoms with Crippen LogP contribution in [-0.2, 0) is 4.74 Å². The Balaban J connectivity index is 3.07. The van der Waals surface area contributed by atoms with E-state index in [4.69, 9.17) is 4.74 Å². The second kappa shape index (κ2) is 8.52. The minimum Gasteiger partial charge on any atom is -0.393 e. The van der Waals surface area contributed by atoms with Gasteiger partial charge in [-0.25, -0.2) is 0 Å². The quantitative estimate of drug-likeness (QED) is 0.593. The van der Waals surface area contributed by atoms with Gasteiger partial charge in [-0.3, -0.25) is 0 Å². The minimum absolute atomic E-state index is 0.109. The van der Waals surface area contributed by atoms with E-state index in [0.29, 0.717) is 5.92 Å². The van der Waals surface area contributed by atoms with Crippen LogP contribution >= 0.6 is 0 Å². The highest BCUT2D eigenvalue weighted by Gasteiger charge is 2.07. The molecule has 0 spiro atoms. The summed E-state index contributed by atoms with van der Waals surface area (Å²) in [5, 5.41) is 9.50. The normalized spacial score (nSPS) is 13.6. The Morgan fingerprint density at radius 3 is 2.23 bits per heavy atom. The lowest BCUT2D eigenvalue weighted by atomic mass is 10.0. The molecule has 0 aliphatic heterocycles. The fourth-order valence-electron chi connectivity index (χ4n) is 1.29. The summed E-state index contributed by atoms with van der Waals surface area (Å²) >= 11 is 0. The summed E-state index contributed by atoms with van der Waals surface area (Å²) in [6, 6.07) is 0. The average molecular weight is 188 g/mol. The van der Waals surface area contributed by atoms with Gasteiger partial charge in [0.05, 0.1) is 6.10 Å². The van der Waals surface area contributed by atoms with Crippen LogP contribution in [0.5, 0.6) is 0 Å². The third-order valence-corrected chi connectivity index (χ3v) is 2.37. The van der Waals surface area contributed by atoms with Gasteiger partial charge in [-0.2, -0.15) is 0 Å². The Hall–Kier alpha value is -0.0800. The van der Waals surface area contributed by atoms with Gasteiger partial charge in [0, 0.05) is 13.7 Å². The van der Waals surface area contributed by atoms with Crippen LogP contribution in [-0.4, -0.2) is 24.9 Å². The number of aliphatic hydroxyl groups is 1. The molecule has 0 saturated carbocycles. The summed E-state index contributed by atoms with van der Waals surface area (Å²) in [7, 11) is 1.74. The molecular weight excluding hydrogens is 164 g/mol. The van der Waals surface area contributed by atoms with Gasteiger partial charge in [0.15, 0.2) is 0 Å². The predicted octanol–water partition coefficient (Wildman–Crippen LogP) is 2.60. The molecule has 0 saturated heterocycles. The summed E-state index contributed by atoms with van der Waals surface area (Å²) in [5.74, 6) is 0.402. The first-order valence-corrected chi connectivity index (χ1v) is 5.35. The van der Waals surface area contributed by atoms with E-state index in [2.05, 4.69) is 13.8 Å². The molecule has 0 radical (unpaired) electrons. The Morgan fingerprint density at radius 2 is 1.69 bits per heavy atom. The van der Waals surface area contributed by atoms with Gasteiger partial charge in [0.1, 0.15) is 0 Å². The molecule has 1 N–H and O–H groups in total. The molecule has 1 atom stereocenters. The number of hydrogen-bond acceptors (Lipinski definition) is 2. The van der Waals surface area contributed by atoms with E-state index in [1.54, 1.807) is 7.11 Å². The predicted molar refractivity (Wildman–Crippen MR) is 55.8 cm³/mol. The molecule has 2 nitrogen and oxygen atoms in total. The zero-order valence-corrected chi connectivity index (χ0v) is 9.25. The van der Waals surface area contributed by atoms with Crippen LogP contribution in [0.15, 0.2) is 0 Å². The van der Waals surface area contributed by atoms with Crippen LogP contribution < -0.4 is 0 Å². The lowest BCUT2D eigenvalue weighted by Gasteiger charge is -2.13. The molecule has 80 valence electrons. The summed E-state index contributed by atoms with van der Waals surface area (Å²) in [4.78, 5) is 0. The maximum Gasteiger partial charge on any atom is 0.0563 e. The van der Waals surface area contributed by atoms with Gasteiger partial charge in [-0.05, 0) is 18.8 Å². The van der Waals surface area contributed by atoms with Crippen molar-refractivity contribution in [3.05, 3.63) is 0 Å². The summed E-state index contributed by atoms with van der Waals surface area (Å²) in [6.45, 7) is 5.00. The molecule has 1 unspecified atom stereocenters. The Bertz CT molecular complexity index is 102. The highest BCUT2D eigenvalue weighted by atomic mass is 16.5. The molecule has 2 heteroatoms. The first-order chi connectivity index (χ1) is 6.18. The van der Waals surface area contributed by atoms with Gasteiger partial charge < -0.3 is 9.84 Å². The van der Waals surface area contributed by atoms with Crippen molar-refractivity contribution in [2.45, 2.75) is 52.1 Å². The average Bonchev–Trinajstić information content (AvgIpc) is 2.10. The van der Waals surface area contributed by atoms with Crippen LogP contribution in [0.3, 0.4) is 0 Å². The van der Waals surface area contributed by atoms with Gasteiger partial charge in [0.2, 0.25) is 0 Å². The largest absolute Gasteiger partial charge is 0.393 e. The molecular formula is C11H24O2. The van der Waals surface area contributed by atoms with Gasteiger partial charge in [-0.15, -0.1) is 0 Å². The molecule has 0 aromatic heterocycles. The molecule has 0 amide bonds. The third-order valence-electron chi connectivity index (χ3n) is 2.37. The Labute approximate surface area is 82.3 Å². The molecule has 0 bridgehead atoms. The van der Waals surface area contributed by atoms with Crippen LogP contribution in [0, 0.1) is 5.92 Å². The summed E-state index contributed by atoms with van der Waals surface area (Å²) < 4.78 is 4.96. The zero-order valence-electron chi connectivity index (χ0n) is 9.25. The van der Waals surface area contributed by atoms with Crippen molar-refractivity contribution >= 4 is 0 Å². The number of aliphatic hydroxyl groups excluding tert-OH is 1. The topological polar surface area (TPSA) is 29.5 Å². The van der Waals surface area contributed by atoms with Gasteiger partial charge >= 0.3 is 0 Å². The standard InChI is InChI=1S/C11H24O2/c1-10(2)11(12)8-6-4-5-7-9-13-3/h10-12H,4-9H2,1-3H3. The van der Waals surface area contributed by atoms with Gasteiger partial charge in [-0.1, -0.05) is 33.1 Å². The fraction of sp³-hybridized carbons (Fsp3) is 1.00. The van der Waals surface area contributed by atoms with Crippen molar-refractivity contribution in [1.82, 2.24) is 0 Å². The third kappa shape index (κ3) is 8.26. The highest BCUT2D eigenvalue weighted by Crippen LogP contribution is 2.11. The molecule has 0 aliphatic carbocycles. The van der Waals surface area contributed by atoms with Crippen molar-refractivity contribution in [3.63, 3.8) is 0 Å². The van der Waals surface area contributed by atoms with Crippen molar-refractivity contribution in [2.75, 3.05) is 13.7 Å². The minimum atomic E-state index is -0.109. The second-order valence-corrected chi connectivity index (χ2v) is 4.01. The van der Waals surface area contributed by atoms with E-state index in [0.717, 1.165) is 25.9 Å². The van der Waals surface area contributed by atoms with Crippen molar-refractivity contribution < 1.29 is 9.84 Å². The second-order valence-electron chi connectivity index (χ2n) is 4.01. The first-order valence-electron chi connectivity index (χ1n) is 5.35. The van der Waals surface area contributed by atoms with E-state index >= 15 is 0 Å². The SMILES string of the molecule is COCCCCCCC(O)C(C)C. The number of hydrogen-bond donors (Lipinski definition) is 1. The molecule has 0 rings (SSSR count). The number of ether oxygens (including phenoxy) is 1. The number of methoxy groups -OCH3 is 1. The fourth-order valence-corrected chi connectivity index (χ4v) is 1.29. The van der Waals surface area contributed by atoms with Crippen LogP contribution in [0.4, 0.5) is 0 Å². The van der Waals surface area contributed by atoms with E-state index in [-0.39, 0.29) is 6.10 Å². The van der Waals surface area contributed by atoms with Crippen molar-refractivity contribution in [1.29, 1.82) is 0 Å². The highest BCUT2D eigenvalue weighted by molar-refractivity contribution is 4.59. The Kier molecular flexibility index (Phi) is 8.46. The van der Waals surface area contributed by atoms with E-state index in [1.807, 2.05) is 0 Å². The number of unbranched alkanes of at least 4 members (excludes halogenated alkanes) is 3. The maximum atomic E-state index is 9.50. The number of rotatable bonds is 8. The molecule has 0 aliphatic rings. The van der Waals surface area contributed by atoms with Crippen LogP contribution in [0.1, 0.15) is 46.0 Å². The van der Waals surface area contributed by atoms with E-state index < -0.39 is 0 Å². The van der Waals surface area contributed by atoms with Gasteiger partial charge in [0.25, 0.3) is 0 Å². The van der Waals surface area contributed by atoms with Crippen LogP contribution in [0.25, 0.3) is 0 Å². The molecule has 0 aromatic carbocycles. The van der Waals surface area contributed by atoms with E-state index in [1.165, 1.54) is 12.8 Å². The molecule has 0 aromatic rings. The van der Waals surface area contributed by atoms with Crippen molar-refractivity contribution in [3.8, 4) is 0 Å². The monoisotopic (exact) mass is 188 g/mol. The zero-order chi connectivity index (χ0) is 10.1. The first kappa shape index (κ1) is 12.9. The smallest absolute Gasteiger partial charge is 0.0563 e. The molecule has 13 heavy (non-hydrogen) atoms. The lowest BCUT2D eigenvalue weighted by Crippen LogP contribution is -2.13. The van der Waals surface area contributed by atoms with E-state index in [9.17, 15) is 5.11 Å². The summed E-state index contributed by atoms with van der Waals surface area (Å²) in [5.41, 5.74) is 0. The molecule has 0 heterocycles. The Morgan fingerprint density at radius 1 is 1.08 bits per heavy atom. The maximum absolute atomic E-state index is 9.50. The lowest BCUT2D eigenvalue weighted by molar-refractivity contribution is 0.112. The van der Waals surface area contributed by atoms with Crippen LogP contribution in [0.2, 0.25) is 0 Å².